The standard InChI is InChI=1S/C17H17N5O3/c1-11(18)15(17(24)22-25)21-16(23)14-6-4-12(5-7-14)2-3-13-8-19-10-20-9-13/h4-11,15,25H,18H2,1H3,(H,21,23)(H,22,24)/t11-,15+/m1/s1. The highest BCUT2D eigenvalue weighted by molar-refractivity contribution is 5.97. The van der Waals surface area contributed by atoms with E-state index in [-0.39, 0.29) is 0 Å². The SMILES string of the molecule is C[C@@H](N)[C@H](NC(=O)c1ccc(C#Cc2cncnc2)cc1)C(=O)NO. The molecule has 8 nitrogen and oxygen atoms in total. The monoisotopic (exact) mass is 339 g/mol. The van der Waals surface area contributed by atoms with Gasteiger partial charge in [-0.25, -0.2) is 15.4 Å². The molecule has 0 radical (unpaired) electrons. The fraction of sp³-hybridized carbons (Fsp3) is 0.176. The van der Waals surface area contributed by atoms with Crippen LogP contribution < -0.4 is 16.5 Å². The molecular formula is C17H17N5O3. The van der Waals surface area contributed by atoms with Crippen molar-refractivity contribution in [3.05, 3.63) is 59.7 Å². The molecule has 2 rings (SSSR count). The summed E-state index contributed by atoms with van der Waals surface area (Å²) >= 11 is 0. The Morgan fingerprint density at radius 1 is 1.12 bits per heavy atom. The van der Waals surface area contributed by atoms with Gasteiger partial charge in [0.05, 0.1) is 5.56 Å². The van der Waals surface area contributed by atoms with Gasteiger partial charge >= 0.3 is 0 Å². The van der Waals surface area contributed by atoms with E-state index >= 15 is 0 Å². The molecule has 128 valence electrons. The molecule has 0 aliphatic rings. The lowest BCUT2D eigenvalue weighted by atomic mass is 10.1. The van der Waals surface area contributed by atoms with E-state index in [1.165, 1.54) is 11.8 Å². The Hall–Kier alpha value is -3.28. The summed E-state index contributed by atoms with van der Waals surface area (Å²) in [5, 5.41) is 11.2. The number of hydrogen-bond donors (Lipinski definition) is 4. The number of aromatic nitrogens is 2. The molecule has 0 aliphatic carbocycles. The zero-order valence-corrected chi connectivity index (χ0v) is 13.4. The highest BCUT2D eigenvalue weighted by atomic mass is 16.5. The second kappa shape index (κ2) is 8.54. The molecule has 0 fully saturated rings. The van der Waals surface area contributed by atoms with Gasteiger partial charge in [-0.15, -0.1) is 0 Å². The second-order valence-electron chi connectivity index (χ2n) is 5.24. The van der Waals surface area contributed by atoms with Crippen molar-refractivity contribution in [1.29, 1.82) is 0 Å². The molecule has 2 atom stereocenters. The molecule has 0 bridgehead atoms. The van der Waals surface area contributed by atoms with Crippen molar-refractivity contribution in [3.8, 4) is 11.8 Å². The number of nitrogens with two attached hydrogens (primary N) is 1. The summed E-state index contributed by atoms with van der Waals surface area (Å²) in [6.45, 7) is 1.55. The molecule has 1 aromatic heterocycles. The first kappa shape index (κ1) is 18.1. The molecule has 0 aliphatic heterocycles. The minimum atomic E-state index is -1.05. The number of nitrogens with one attached hydrogen (secondary N) is 2. The maximum Gasteiger partial charge on any atom is 0.267 e. The van der Waals surface area contributed by atoms with Crippen LogP contribution in [0.15, 0.2) is 43.0 Å². The normalized spacial score (nSPS) is 12.3. The van der Waals surface area contributed by atoms with Crippen molar-refractivity contribution < 1.29 is 14.8 Å². The van der Waals surface area contributed by atoms with E-state index in [0.29, 0.717) is 16.7 Å². The molecule has 0 saturated heterocycles. The number of benzene rings is 1. The third kappa shape index (κ3) is 5.10. The Bertz CT molecular complexity index is 795. The van der Waals surface area contributed by atoms with E-state index in [1.54, 1.807) is 43.6 Å². The van der Waals surface area contributed by atoms with Gasteiger partial charge in [-0.3, -0.25) is 14.8 Å². The van der Waals surface area contributed by atoms with Gasteiger partial charge in [0.25, 0.3) is 11.8 Å². The van der Waals surface area contributed by atoms with E-state index in [9.17, 15) is 9.59 Å². The molecule has 8 heteroatoms. The van der Waals surface area contributed by atoms with Crippen molar-refractivity contribution in [2.24, 2.45) is 5.73 Å². The average molecular weight is 339 g/mol. The third-order valence-electron chi connectivity index (χ3n) is 3.26. The van der Waals surface area contributed by atoms with E-state index in [4.69, 9.17) is 10.9 Å². The topological polar surface area (TPSA) is 130 Å². The molecule has 0 saturated carbocycles. The quantitative estimate of drug-likeness (QED) is 0.347. The number of carbonyl (C=O) groups is 2. The van der Waals surface area contributed by atoms with Crippen LogP contribution in [-0.4, -0.2) is 39.1 Å². The molecule has 1 aromatic carbocycles. The fourth-order valence-corrected chi connectivity index (χ4v) is 1.94. The predicted octanol–water partition coefficient (Wildman–Crippen LogP) is -0.173. The van der Waals surface area contributed by atoms with Gasteiger partial charge < -0.3 is 11.1 Å². The van der Waals surface area contributed by atoms with Gasteiger partial charge in [-0.2, -0.15) is 0 Å². The van der Waals surface area contributed by atoms with Crippen LogP contribution >= 0.6 is 0 Å². The average Bonchev–Trinajstić information content (AvgIpc) is 2.64. The number of hydrogen-bond acceptors (Lipinski definition) is 6. The lowest BCUT2D eigenvalue weighted by Crippen LogP contribution is -2.54. The zero-order chi connectivity index (χ0) is 18.2. The Morgan fingerprint density at radius 3 is 2.28 bits per heavy atom. The van der Waals surface area contributed by atoms with Crippen molar-refractivity contribution in [2.45, 2.75) is 19.0 Å². The summed E-state index contributed by atoms with van der Waals surface area (Å²) < 4.78 is 0. The number of nitrogens with zero attached hydrogens (tertiary/aromatic N) is 2. The number of amides is 2. The van der Waals surface area contributed by atoms with Crippen LogP contribution in [0, 0.1) is 11.8 Å². The van der Waals surface area contributed by atoms with Gasteiger partial charge in [0.1, 0.15) is 12.4 Å². The van der Waals surface area contributed by atoms with Crippen LogP contribution in [-0.2, 0) is 4.79 Å². The highest BCUT2D eigenvalue weighted by Gasteiger charge is 2.24. The Morgan fingerprint density at radius 2 is 1.72 bits per heavy atom. The lowest BCUT2D eigenvalue weighted by molar-refractivity contribution is -0.131. The molecule has 0 unspecified atom stereocenters. The molecule has 2 amide bonds. The van der Waals surface area contributed by atoms with Crippen LogP contribution in [0.4, 0.5) is 0 Å². The molecule has 25 heavy (non-hydrogen) atoms. The minimum absolute atomic E-state index is 0.338. The Labute approximate surface area is 144 Å². The van der Waals surface area contributed by atoms with Crippen LogP contribution in [0.5, 0.6) is 0 Å². The van der Waals surface area contributed by atoms with Gasteiger partial charge in [-0.05, 0) is 31.2 Å². The van der Waals surface area contributed by atoms with Crippen LogP contribution in [0.2, 0.25) is 0 Å². The summed E-state index contributed by atoms with van der Waals surface area (Å²) in [5.74, 6) is 4.58. The smallest absolute Gasteiger partial charge is 0.267 e. The van der Waals surface area contributed by atoms with Crippen LogP contribution in [0.25, 0.3) is 0 Å². The molecule has 2 aromatic rings. The largest absolute Gasteiger partial charge is 0.339 e. The molecule has 5 N–H and O–H groups in total. The van der Waals surface area contributed by atoms with Crippen LogP contribution in [0.3, 0.4) is 0 Å². The first-order valence-corrected chi connectivity index (χ1v) is 7.38. The zero-order valence-electron chi connectivity index (χ0n) is 13.4. The maximum absolute atomic E-state index is 12.2. The third-order valence-corrected chi connectivity index (χ3v) is 3.26. The molecule has 0 spiro atoms. The van der Waals surface area contributed by atoms with Gasteiger partial charge in [-0.1, -0.05) is 11.8 Å². The molecule has 1 heterocycles. The van der Waals surface area contributed by atoms with E-state index in [0.717, 1.165) is 0 Å². The van der Waals surface area contributed by atoms with Crippen molar-refractivity contribution in [2.75, 3.05) is 0 Å². The number of hydroxylamine groups is 1. The van der Waals surface area contributed by atoms with E-state index in [1.807, 2.05) is 0 Å². The van der Waals surface area contributed by atoms with Gasteiger partial charge in [0, 0.05) is 29.6 Å². The Kier molecular flexibility index (Phi) is 6.17. The van der Waals surface area contributed by atoms with Crippen molar-refractivity contribution >= 4 is 11.8 Å². The number of rotatable bonds is 4. The minimum Gasteiger partial charge on any atom is -0.339 e. The van der Waals surface area contributed by atoms with Gasteiger partial charge in [0.2, 0.25) is 0 Å². The van der Waals surface area contributed by atoms with E-state index < -0.39 is 23.9 Å². The molecular weight excluding hydrogens is 322 g/mol. The fourth-order valence-electron chi connectivity index (χ4n) is 1.94. The summed E-state index contributed by atoms with van der Waals surface area (Å²) in [6, 6.07) is 4.80. The summed E-state index contributed by atoms with van der Waals surface area (Å²) in [5.41, 5.74) is 8.85. The summed E-state index contributed by atoms with van der Waals surface area (Å²) in [6.07, 6.45) is 4.62. The van der Waals surface area contributed by atoms with E-state index in [2.05, 4.69) is 27.1 Å². The van der Waals surface area contributed by atoms with Crippen molar-refractivity contribution in [1.82, 2.24) is 20.8 Å². The predicted molar refractivity (Wildman–Crippen MR) is 89.3 cm³/mol. The van der Waals surface area contributed by atoms with Crippen LogP contribution in [0.1, 0.15) is 28.4 Å². The summed E-state index contributed by atoms with van der Waals surface area (Å²) in [4.78, 5) is 31.4. The first-order chi connectivity index (χ1) is 12.0. The Balaban J connectivity index is 2.07. The maximum atomic E-state index is 12.2. The lowest BCUT2D eigenvalue weighted by Gasteiger charge is -2.20. The summed E-state index contributed by atoms with van der Waals surface area (Å²) in [7, 11) is 0. The highest BCUT2D eigenvalue weighted by Crippen LogP contribution is 2.05. The van der Waals surface area contributed by atoms with Crippen molar-refractivity contribution in [3.63, 3.8) is 0 Å². The number of carbonyl (C=O) groups excluding carboxylic acids is 2. The first-order valence-electron chi connectivity index (χ1n) is 7.38. The van der Waals surface area contributed by atoms with Gasteiger partial charge in [0.15, 0.2) is 0 Å². The second-order valence-corrected chi connectivity index (χ2v) is 5.24.